The highest BCUT2D eigenvalue weighted by molar-refractivity contribution is 7.99. The molecule has 8 nitrogen and oxygen atoms in total. The van der Waals surface area contributed by atoms with Crippen LogP contribution in [-0.2, 0) is 16.8 Å². The Morgan fingerprint density at radius 2 is 2.12 bits per heavy atom. The minimum Gasteiger partial charge on any atom is -0.337 e. The quantitative estimate of drug-likeness (QED) is 0.579. The maximum Gasteiger partial charge on any atom is 0.276 e. The topological polar surface area (TPSA) is 99.2 Å². The molecule has 26 heavy (non-hydrogen) atoms. The van der Waals surface area contributed by atoms with E-state index in [4.69, 9.17) is 0 Å². The fraction of sp³-hybridized carbons (Fsp3) is 0.375. The molecule has 10 heteroatoms. The van der Waals surface area contributed by atoms with Crippen LogP contribution in [0.15, 0.2) is 40.5 Å². The molecule has 0 radical (unpaired) electrons. The Morgan fingerprint density at radius 1 is 1.31 bits per heavy atom. The summed E-state index contributed by atoms with van der Waals surface area (Å²) >= 11 is 1.62. The van der Waals surface area contributed by atoms with Crippen molar-refractivity contribution >= 4 is 33.5 Å². The number of hydrogen-bond acceptors (Lipinski definition) is 7. The number of rotatable bonds is 6. The summed E-state index contributed by atoms with van der Waals surface area (Å²) < 4.78 is 27.6. The maximum atomic E-state index is 11.4. The van der Waals surface area contributed by atoms with Gasteiger partial charge in [0.2, 0.25) is 0 Å². The van der Waals surface area contributed by atoms with Crippen LogP contribution in [0.1, 0.15) is 5.56 Å². The molecule has 3 N–H and O–H groups in total. The summed E-state index contributed by atoms with van der Waals surface area (Å²) in [4.78, 5) is 12.1. The molecule has 2 aromatic rings. The third-order valence-electron chi connectivity index (χ3n) is 4.44. The summed E-state index contributed by atoms with van der Waals surface area (Å²) in [6, 6.07) is 6.39. The Labute approximate surface area is 157 Å². The first-order valence-corrected chi connectivity index (χ1v) is 10.6. The molecule has 0 amide bonds. The van der Waals surface area contributed by atoms with Gasteiger partial charge in [-0.1, -0.05) is 17.8 Å². The normalized spacial score (nSPS) is 17.1. The molecular weight excluding hydrogens is 372 g/mol. The van der Waals surface area contributed by atoms with Gasteiger partial charge >= 0.3 is 0 Å². The van der Waals surface area contributed by atoms with Crippen molar-refractivity contribution < 1.29 is 8.42 Å². The van der Waals surface area contributed by atoms with Crippen LogP contribution in [0, 0.1) is 5.92 Å². The summed E-state index contributed by atoms with van der Waals surface area (Å²) in [5.74, 6) is 1.15. The van der Waals surface area contributed by atoms with Crippen molar-refractivity contribution in [2.24, 2.45) is 5.92 Å². The van der Waals surface area contributed by atoms with Crippen LogP contribution in [0.5, 0.6) is 0 Å². The minimum absolute atomic E-state index is 0.353. The van der Waals surface area contributed by atoms with Crippen LogP contribution in [0.4, 0.5) is 11.5 Å². The van der Waals surface area contributed by atoms with Crippen LogP contribution in [0.2, 0.25) is 0 Å². The van der Waals surface area contributed by atoms with Gasteiger partial charge in [-0.2, -0.15) is 8.42 Å². The number of likely N-dealkylation sites (tertiary alicyclic amines) is 1. The summed E-state index contributed by atoms with van der Waals surface area (Å²) in [6.45, 7) is 3.10. The molecule has 1 aromatic carbocycles. The minimum atomic E-state index is -3.34. The van der Waals surface area contributed by atoms with Gasteiger partial charge in [0.05, 0.1) is 5.69 Å². The second-order valence-corrected chi connectivity index (χ2v) is 9.12. The number of nitrogens with zero attached hydrogens (tertiary/aromatic N) is 3. The van der Waals surface area contributed by atoms with Gasteiger partial charge in [0.15, 0.2) is 5.82 Å². The molecule has 1 aromatic heterocycles. The average Bonchev–Trinajstić information content (AvgIpc) is 2.61. The molecule has 4 rings (SSSR count). The van der Waals surface area contributed by atoms with E-state index in [1.165, 1.54) is 12.6 Å². The molecule has 0 atom stereocenters. The third-order valence-corrected chi connectivity index (χ3v) is 6.59. The lowest BCUT2D eigenvalue weighted by Crippen LogP contribution is -2.51. The predicted octanol–water partition coefficient (Wildman–Crippen LogP) is 1.17. The Kier molecular flexibility index (Phi) is 4.84. The Morgan fingerprint density at radius 3 is 2.92 bits per heavy atom. The number of nitrogens with one attached hydrogen (secondary N) is 3. The molecule has 0 unspecified atom stereocenters. The number of fused-ring (bicyclic) bond motifs is 2. The van der Waals surface area contributed by atoms with Crippen molar-refractivity contribution in [2.75, 3.05) is 32.0 Å². The first kappa shape index (κ1) is 17.7. The highest BCUT2D eigenvalue weighted by atomic mass is 32.2. The molecule has 1 fully saturated rings. The van der Waals surface area contributed by atoms with E-state index in [9.17, 15) is 8.42 Å². The van der Waals surface area contributed by atoms with Gasteiger partial charge in [0, 0.05) is 50.5 Å². The van der Waals surface area contributed by atoms with E-state index < -0.39 is 10.2 Å². The summed E-state index contributed by atoms with van der Waals surface area (Å²) in [7, 11) is -1.94. The van der Waals surface area contributed by atoms with Gasteiger partial charge in [-0.3, -0.25) is 4.90 Å². The first-order valence-electron chi connectivity index (χ1n) is 8.32. The molecule has 0 bridgehead atoms. The number of anilines is 2. The first-order chi connectivity index (χ1) is 12.5. The third kappa shape index (κ3) is 3.84. The second kappa shape index (κ2) is 7.12. The van der Waals surface area contributed by atoms with Crippen molar-refractivity contribution in [3.8, 4) is 0 Å². The van der Waals surface area contributed by atoms with Gasteiger partial charge in [0.1, 0.15) is 5.03 Å². The lowest BCUT2D eigenvalue weighted by atomic mass is 9.99. The fourth-order valence-corrected chi connectivity index (χ4v) is 4.55. The zero-order chi connectivity index (χ0) is 18.1. The maximum absolute atomic E-state index is 11.4. The van der Waals surface area contributed by atoms with Crippen molar-refractivity contribution in [3.63, 3.8) is 0 Å². The van der Waals surface area contributed by atoms with Gasteiger partial charge in [-0.25, -0.2) is 19.4 Å². The second-order valence-electron chi connectivity index (χ2n) is 6.38. The van der Waals surface area contributed by atoms with Crippen molar-refractivity contribution in [1.29, 1.82) is 0 Å². The van der Waals surface area contributed by atoms with E-state index >= 15 is 0 Å². The Hall–Kier alpha value is -1.72. The van der Waals surface area contributed by atoms with E-state index in [1.54, 1.807) is 24.2 Å². The van der Waals surface area contributed by atoms with Crippen molar-refractivity contribution in [2.45, 2.75) is 16.5 Å². The van der Waals surface area contributed by atoms with Gasteiger partial charge in [0.25, 0.3) is 10.2 Å². The predicted molar refractivity (Wildman–Crippen MR) is 101 cm³/mol. The molecule has 0 spiro atoms. The highest BCUT2D eigenvalue weighted by Crippen LogP contribution is 2.42. The molecule has 3 heterocycles. The van der Waals surface area contributed by atoms with Crippen LogP contribution >= 0.6 is 11.8 Å². The van der Waals surface area contributed by atoms with E-state index in [-0.39, 0.29) is 0 Å². The number of aromatic nitrogens is 2. The van der Waals surface area contributed by atoms with Crippen molar-refractivity contribution in [3.05, 3.63) is 36.2 Å². The van der Waals surface area contributed by atoms with Crippen molar-refractivity contribution in [1.82, 2.24) is 24.3 Å². The monoisotopic (exact) mass is 392 g/mol. The van der Waals surface area contributed by atoms with Gasteiger partial charge in [-0.15, -0.1) is 0 Å². The highest BCUT2D eigenvalue weighted by Gasteiger charge is 2.28. The van der Waals surface area contributed by atoms with Crippen LogP contribution in [-0.4, -0.2) is 50.0 Å². The summed E-state index contributed by atoms with van der Waals surface area (Å²) in [6.07, 6.45) is 3.38. The van der Waals surface area contributed by atoms with Gasteiger partial charge < -0.3 is 5.32 Å². The zero-order valence-electron chi connectivity index (χ0n) is 14.3. The largest absolute Gasteiger partial charge is 0.337 e. The lowest BCUT2D eigenvalue weighted by Gasteiger charge is -2.39. The standard InChI is InChI=1S/C16H20N6O2S2/c1-17-26(23,24)20-7-12-9-22(10-12)8-11-2-3-14-13(6-11)21-15-16(25-14)19-5-4-18-15/h2-6,12,17,20H,7-10H2,1H3,(H,18,21). The van der Waals surface area contributed by atoms with E-state index in [0.29, 0.717) is 12.5 Å². The van der Waals surface area contributed by atoms with Crippen LogP contribution in [0.3, 0.4) is 0 Å². The zero-order valence-corrected chi connectivity index (χ0v) is 15.9. The van der Waals surface area contributed by atoms with Crippen LogP contribution < -0.4 is 14.8 Å². The lowest BCUT2D eigenvalue weighted by molar-refractivity contribution is 0.0954. The summed E-state index contributed by atoms with van der Waals surface area (Å²) in [5.41, 5.74) is 2.28. The van der Waals surface area contributed by atoms with E-state index in [1.807, 2.05) is 0 Å². The molecule has 138 valence electrons. The molecule has 0 aliphatic carbocycles. The molecule has 2 aliphatic rings. The molecule has 2 aliphatic heterocycles. The smallest absolute Gasteiger partial charge is 0.276 e. The molecule has 1 saturated heterocycles. The van der Waals surface area contributed by atoms with Gasteiger partial charge in [-0.05, 0) is 23.6 Å². The fourth-order valence-electron chi connectivity index (χ4n) is 3.07. The SMILES string of the molecule is CNS(=O)(=O)NCC1CN(Cc2ccc3c(c2)Nc2nccnc2S3)C1. The van der Waals surface area contributed by atoms with E-state index in [0.717, 1.165) is 41.1 Å². The van der Waals surface area contributed by atoms with E-state index in [2.05, 4.69) is 47.8 Å². The molecular formula is C16H20N6O2S2. The Balaban J connectivity index is 1.33. The van der Waals surface area contributed by atoms with Crippen LogP contribution in [0.25, 0.3) is 0 Å². The Bertz CT molecular complexity index is 915. The number of hydrogen-bond donors (Lipinski definition) is 3. The molecule has 0 saturated carbocycles. The number of benzene rings is 1. The average molecular weight is 393 g/mol. The summed E-state index contributed by atoms with van der Waals surface area (Å²) in [5, 5.41) is 4.24.